The van der Waals surface area contributed by atoms with Crippen LogP contribution in [0.15, 0.2) is 53.1 Å². The van der Waals surface area contributed by atoms with E-state index in [-0.39, 0.29) is 24.4 Å². The zero-order valence-corrected chi connectivity index (χ0v) is 22.6. The molecule has 2 atom stereocenters. The fourth-order valence-corrected chi connectivity index (χ4v) is 5.53. The highest BCUT2D eigenvalue weighted by molar-refractivity contribution is 5.90. The van der Waals surface area contributed by atoms with Crippen molar-refractivity contribution in [2.75, 3.05) is 38.2 Å². The number of hydrogen-bond donors (Lipinski definition) is 0. The number of ether oxygens (including phenoxy) is 1. The minimum Gasteiger partial charge on any atom is -0.496 e. The van der Waals surface area contributed by atoms with Crippen molar-refractivity contribution >= 4 is 17.5 Å². The average Bonchev–Trinajstić information content (AvgIpc) is 3.61. The van der Waals surface area contributed by atoms with Crippen LogP contribution in [0.5, 0.6) is 5.75 Å². The molecule has 2 fully saturated rings. The second-order valence-corrected chi connectivity index (χ2v) is 10.1. The van der Waals surface area contributed by atoms with Gasteiger partial charge in [0, 0.05) is 38.3 Å². The summed E-state index contributed by atoms with van der Waals surface area (Å²) in [6.45, 7) is 4.96. The Morgan fingerprint density at radius 3 is 2.50 bits per heavy atom. The third-order valence-corrected chi connectivity index (χ3v) is 7.68. The molecule has 5 rings (SSSR count). The third kappa shape index (κ3) is 5.37. The lowest BCUT2D eigenvalue weighted by molar-refractivity contribution is -0.145. The number of piperazine rings is 1. The largest absolute Gasteiger partial charge is 0.496 e. The molecule has 0 N–H and O–H groups in total. The number of hydrogen-bond acceptors (Lipinski definition) is 6. The molecule has 2 aliphatic heterocycles. The molecule has 11 heteroatoms. The van der Waals surface area contributed by atoms with Gasteiger partial charge < -0.3 is 23.9 Å². The van der Waals surface area contributed by atoms with Gasteiger partial charge in [-0.05, 0) is 49.6 Å². The Morgan fingerprint density at radius 1 is 1.12 bits per heavy atom. The summed E-state index contributed by atoms with van der Waals surface area (Å²) in [5, 5.41) is 0. The van der Waals surface area contributed by atoms with Crippen LogP contribution >= 0.6 is 0 Å². The molecule has 2 aliphatic rings. The van der Waals surface area contributed by atoms with Crippen molar-refractivity contribution < 1.29 is 31.9 Å². The number of oxazole rings is 1. The predicted octanol–water partition coefficient (Wildman–Crippen LogP) is 5.08. The van der Waals surface area contributed by atoms with Crippen molar-refractivity contribution in [3.05, 3.63) is 65.7 Å². The SMILES string of the molecule is COc1cc(N2CCN(C(C)C(=O)N3CCCC3c3ccc(C(F)(F)F)cc3)C(=O)C2)ccc1-c1cnc(C)o1. The van der Waals surface area contributed by atoms with Crippen molar-refractivity contribution in [3.8, 4) is 17.1 Å². The number of carbonyl (C=O) groups excluding carboxylic acids is 2. The van der Waals surface area contributed by atoms with Gasteiger partial charge in [-0.25, -0.2) is 4.98 Å². The number of rotatable bonds is 6. The highest BCUT2D eigenvalue weighted by atomic mass is 19.4. The molecule has 8 nitrogen and oxygen atoms in total. The van der Waals surface area contributed by atoms with Crippen LogP contribution in [0.3, 0.4) is 0 Å². The van der Waals surface area contributed by atoms with Crippen LogP contribution in [0.2, 0.25) is 0 Å². The molecule has 0 spiro atoms. The summed E-state index contributed by atoms with van der Waals surface area (Å²) in [6.07, 6.45) is -1.37. The van der Waals surface area contributed by atoms with Gasteiger partial charge in [-0.2, -0.15) is 13.2 Å². The number of likely N-dealkylation sites (tertiary alicyclic amines) is 1. The Bertz CT molecular complexity index is 1390. The smallest absolute Gasteiger partial charge is 0.416 e. The topological polar surface area (TPSA) is 79.1 Å². The van der Waals surface area contributed by atoms with Gasteiger partial charge in [0.25, 0.3) is 0 Å². The van der Waals surface area contributed by atoms with E-state index in [4.69, 9.17) is 9.15 Å². The minimum atomic E-state index is -4.41. The normalized spacial score (nSPS) is 18.8. The van der Waals surface area contributed by atoms with E-state index in [2.05, 4.69) is 4.98 Å². The fraction of sp³-hybridized carbons (Fsp3) is 0.414. The molecule has 0 saturated carbocycles. The van der Waals surface area contributed by atoms with E-state index >= 15 is 0 Å². The Balaban J connectivity index is 1.25. The Kier molecular flexibility index (Phi) is 7.48. The first-order valence-electron chi connectivity index (χ1n) is 13.2. The highest BCUT2D eigenvalue weighted by Crippen LogP contribution is 2.37. The second kappa shape index (κ2) is 10.9. The van der Waals surface area contributed by atoms with E-state index in [1.165, 1.54) is 12.1 Å². The second-order valence-electron chi connectivity index (χ2n) is 10.1. The maximum absolute atomic E-state index is 13.5. The van der Waals surface area contributed by atoms with Crippen LogP contribution in [0.25, 0.3) is 11.3 Å². The van der Waals surface area contributed by atoms with Crippen LogP contribution < -0.4 is 9.64 Å². The number of nitrogens with zero attached hydrogens (tertiary/aromatic N) is 4. The Labute approximate surface area is 230 Å². The summed E-state index contributed by atoms with van der Waals surface area (Å²) >= 11 is 0. The lowest BCUT2D eigenvalue weighted by Gasteiger charge is -2.40. The summed E-state index contributed by atoms with van der Waals surface area (Å²) in [6, 6.07) is 9.60. The van der Waals surface area contributed by atoms with Crippen molar-refractivity contribution in [1.82, 2.24) is 14.8 Å². The van der Waals surface area contributed by atoms with Gasteiger partial charge in [0.1, 0.15) is 11.8 Å². The maximum atomic E-state index is 13.5. The molecule has 2 unspecified atom stereocenters. The van der Waals surface area contributed by atoms with E-state index in [9.17, 15) is 22.8 Å². The molecule has 0 radical (unpaired) electrons. The molecular formula is C29H31F3N4O4. The molecule has 3 aromatic rings. The molecule has 2 amide bonds. The van der Waals surface area contributed by atoms with Crippen molar-refractivity contribution in [2.45, 2.75) is 44.9 Å². The van der Waals surface area contributed by atoms with Crippen LogP contribution in [0.1, 0.15) is 42.8 Å². The molecule has 2 aromatic carbocycles. The van der Waals surface area contributed by atoms with Crippen LogP contribution in [-0.2, 0) is 15.8 Å². The average molecular weight is 557 g/mol. The summed E-state index contributed by atoms with van der Waals surface area (Å²) in [5.41, 5.74) is 1.51. The van der Waals surface area contributed by atoms with Gasteiger partial charge in [0.15, 0.2) is 11.7 Å². The summed E-state index contributed by atoms with van der Waals surface area (Å²) in [7, 11) is 1.57. The first-order valence-corrected chi connectivity index (χ1v) is 13.2. The summed E-state index contributed by atoms with van der Waals surface area (Å²) in [5.74, 6) is 1.36. The zero-order chi connectivity index (χ0) is 28.6. The van der Waals surface area contributed by atoms with E-state index in [1.807, 2.05) is 23.1 Å². The lowest BCUT2D eigenvalue weighted by Crippen LogP contribution is -2.57. The van der Waals surface area contributed by atoms with Gasteiger partial charge in [-0.3, -0.25) is 9.59 Å². The van der Waals surface area contributed by atoms with Gasteiger partial charge in [0.2, 0.25) is 11.8 Å². The maximum Gasteiger partial charge on any atom is 0.416 e. The number of carbonyl (C=O) groups is 2. The number of aryl methyl sites for hydroxylation is 1. The number of aromatic nitrogens is 1. The van der Waals surface area contributed by atoms with Crippen LogP contribution in [0, 0.1) is 6.92 Å². The van der Waals surface area contributed by atoms with Crippen LogP contribution in [-0.4, -0.2) is 65.9 Å². The first kappa shape index (κ1) is 27.5. The van der Waals surface area contributed by atoms with Gasteiger partial charge in [0.05, 0.1) is 37.0 Å². The van der Waals surface area contributed by atoms with Gasteiger partial charge in [-0.1, -0.05) is 12.1 Å². The lowest BCUT2D eigenvalue weighted by atomic mass is 10.0. The number of amides is 2. The van der Waals surface area contributed by atoms with E-state index in [0.29, 0.717) is 49.0 Å². The Morgan fingerprint density at radius 2 is 1.88 bits per heavy atom. The monoisotopic (exact) mass is 556 g/mol. The number of methoxy groups -OCH3 is 1. The number of halogens is 3. The van der Waals surface area contributed by atoms with E-state index in [0.717, 1.165) is 29.8 Å². The summed E-state index contributed by atoms with van der Waals surface area (Å²) < 4.78 is 50.2. The van der Waals surface area contributed by atoms with Crippen molar-refractivity contribution in [2.24, 2.45) is 0 Å². The molecule has 3 heterocycles. The fourth-order valence-electron chi connectivity index (χ4n) is 5.53. The minimum absolute atomic E-state index is 0.101. The number of anilines is 1. The molecule has 0 bridgehead atoms. The molecule has 212 valence electrons. The zero-order valence-electron chi connectivity index (χ0n) is 22.6. The first-order chi connectivity index (χ1) is 19.1. The highest BCUT2D eigenvalue weighted by Gasteiger charge is 2.38. The molecule has 2 saturated heterocycles. The third-order valence-electron chi connectivity index (χ3n) is 7.68. The molecule has 1 aromatic heterocycles. The Hall–Kier alpha value is -4.02. The molecular weight excluding hydrogens is 525 g/mol. The predicted molar refractivity (Wildman–Crippen MR) is 142 cm³/mol. The van der Waals surface area contributed by atoms with E-state index in [1.54, 1.807) is 37.0 Å². The standard InChI is InChI=1S/C29H31F3N4O4/c1-18(28(38)36-12-4-5-24(36)20-6-8-21(9-7-20)29(30,31)32)35-14-13-34(17-27(35)37)22-10-11-23(25(15-22)39-3)26-16-33-19(2)40-26/h6-11,15-16,18,24H,4-5,12-14,17H2,1-3H3. The van der Waals surface area contributed by atoms with Crippen molar-refractivity contribution in [3.63, 3.8) is 0 Å². The van der Waals surface area contributed by atoms with Crippen LogP contribution in [0.4, 0.5) is 18.9 Å². The van der Waals surface area contributed by atoms with Gasteiger partial charge >= 0.3 is 6.18 Å². The molecule has 0 aliphatic carbocycles. The quantitative estimate of drug-likeness (QED) is 0.422. The van der Waals surface area contributed by atoms with Crippen molar-refractivity contribution in [1.29, 1.82) is 0 Å². The van der Waals surface area contributed by atoms with Gasteiger partial charge in [-0.15, -0.1) is 0 Å². The number of alkyl halides is 3. The van der Waals surface area contributed by atoms with E-state index < -0.39 is 17.8 Å². The summed E-state index contributed by atoms with van der Waals surface area (Å²) in [4.78, 5) is 36.1. The number of benzene rings is 2. The molecule has 40 heavy (non-hydrogen) atoms.